The van der Waals surface area contributed by atoms with Gasteiger partial charge in [-0.05, 0) is 66.2 Å². The zero-order valence-electron chi connectivity index (χ0n) is 19.4. The van der Waals surface area contributed by atoms with Gasteiger partial charge in [0.25, 0.3) is 0 Å². The molecule has 2 aromatic heterocycles. The second-order valence-corrected chi connectivity index (χ2v) is 17.3. The van der Waals surface area contributed by atoms with Gasteiger partial charge in [-0.2, -0.15) is 0 Å². The van der Waals surface area contributed by atoms with Crippen LogP contribution in [0.4, 0.5) is 0 Å². The Labute approximate surface area is 214 Å². The highest BCUT2D eigenvalue weighted by atomic mass is 79.9. The van der Waals surface area contributed by atoms with E-state index in [2.05, 4.69) is 71.7 Å². The molecule has 2 aromatic rings. The number of hydrogen-bond donors (Lipinski definition) is 0. The first-order valence-corrected chi connectivity index (χ1v) is 18.7. The van der Waals surface area contributed by atoms with Gasteiger partial charge in [-0.1, -0.05) is 91.1 Å². The Balaban J connectivity index is 2.13. The Morgan fingerprint density at radius 2 is 1.13 bits per heavy atom. The fourth-order valence-electron chi connectivity index (χ4n) is 4.36. The van der Waals surface area contributed by atoms with E-state index in [1.165, 1.54) is 71.0 Å². The molecule has 30 heavy (non-hydrogen) atoms. The molecule has 0 bridgehead atoms. The van der Waals surface area contributed by atoms with Gasteiger partial charge >= 0.3 is 0 Å². The largest absolute Gasteiger partial charge is 0.128 e. The van der Waals surface area contributed by atoms with Crippen LogP contribution >= 0.6 is 54.5 Å². The van der Waals surface area contributed by atoms with Crippen molar-refractivity contribution in [1.82, 2.24) is 0 Å². The lowest BCUT2D eigenvalue weighted by atomic mass is 10.0. The van der Waals surface area contributed by atoms with Crippen molar-refractivity contribution in [3.63, 3.8) is 0 Å². The number of rotatable bonds is 15. The van der Waals surface area contributed by atoms with Gasteiger partial charge in [0.15, 0.2) is 0 Å². The van der Waals surface area contributed by atoms with Gasteiger partial charge in [-0.15, -0.1) is 22.7 Å². The van der Waals surface area contributed by atoms with Crippen LogP contribution in [0.2, 0.25) is 12.1 Å². The fourth-order valence-corrected chi connectivity index (χ4v) is 14.3. The van der Waals surface area contributed by atoms with E-state index >= 15 is 0 Å². The van der Waals surface area contributed by atoms with E-state index in [0.29, 0.717) is 0 Å². The quantitative estimate of drug-likeness (QED) is 0.181. The molecule has 0 radical (unpaired) electrons. The lowest BCUT2D eigenvalue weighted by Gasteiger charge is -2.15. The first-order chi connectivity index (χ1) is 14.5. The average molecular weight is 609 g/mol. The molecule has 0 aromatic carbocycles. The molecule has 2 rings (SSSR count). The van der Waals surface area contributed by atoms with Crippen LogP contribution in [0, 0.1) is 11.8 Å². The summed E-state index contributed by atoms with van der Waals surface area (Å²) in [6.45, 7) is 9.43. The highest BCUT2D eigenvalue weighted by Crippen LogP contribution is 2.35. The van der Waals surface area contributed by atoms with Crippen molar-refractivity contribution in [1.29, 1.82) is 0 Å². The fraction of sp³-hybridized carbons (Fsp3) is 0.667. The highest BCUT2D eigenvalue weighted by Gasteiger charge is 2.19. The van der Waals surface area contributed by atoms with Gasteiger partial charge in [0, 0.05) is 9.75 Å². The van der Waals surface area contributed by atoms with Crippen LogP contribution in [0.5, 0.6) is 0 Å². The van der Waals surface area contributed by atoms with E-state index in [1.54, 1.807) is 20.1 Å². The van der Waals surface area contributed by atoms with Crippen molar-refractivity contribution >= 4 is 83.9 Å². The first-order valence-electron chi connectivity index (χ1n) is 12.1. The van der Waals surface area contributed by atoms with E-state index in [0.717, 1.165) is 11.8 Å². The maximum atomic E-state index is 3.82. The topological polar surface area (TPSA) is 0 Å². The zero-order chi connectivity index (χ0) is 21.9. The molecule has 2 unspecified atom stereocenters. The Bertz CT molecular complexity index is 679. The molecule has 170 valence electrons. The van der Waals surface area contributed by atoms with Gasteiger partial charge in [-0.3, -0.25) is 0 Å². The van der Waals surface area contributed by atoms with Gasteiger partial charge in [0.05, 0.1) is 26.6 Å². The van der Waals surface area contributed by atoms with E-state index in [1.807, 2.05) is 22.7 Å². The molecule has 2 atom stereocenters. The molecule has 0 fully saturated rings. The molecule has 0 aliphatic heterocycles. The number of unbranched alkanes of at least 4 members (excludes halogenated alkanes) is 2. The molecule has 6 heteroatoms. The Morgan fingerprint density at radius 3 is 1.47 bits per heavy atom. The number of hydrogen-bond acceptors (Lipinski definition) is 2. The third-order valence-corrected chi connectivity index (χ3v) is 14.9. The maximum absolute atomic E-state index is 3.82. The Kier molecular flexibility index (Phi) is 13.4. The van der Waals surface area contributed by atoms with Gasteiger partial charge in [0.1, 0.15) is 0 Å². The summed E-state index contributed by atoms with van der Waals surface area (Å²) in [4.78, 5) is 3.22. The Morgan fingerprint density at radius 1 is 0.733 bits per heavy atom. The minimum absolute atomic E-state index is 0.214. The average Bonchev–Trinajstić information content (AvgIpc) is 3.29. The van der Waals surface area contributed by atoms with Crippen LogP contribution in [0.15, 0.2) is 19.7 Å². The van der Waals surface area contributed by atoms with E-state index in [-0.39, 0.29) is 19.0 Å². The van der Waals surface area contributed by atoms with E-state index in [4.69, 9.17) is 0 Å². The predicted octanol–water partition coefficient (Wildman–Crippen LogP) is 7.86. The van der Waals surface area contributed by atoms with Crippen LogP contribution in [0.3, 0.4) is 0 Å². The summed E-state index contributed by atoms with van der Waals surface area (Å²) in [5.74, 6) is 1.88. The second kappa shape index (κ2) is 14.8. The standard InChI is InChI=1S/C24H40Br2S2Si2/c1-5-9-11-17(7-3)15-29-19-13-21(25)27-23(19)24-20(14-22(26)28-24)30-16-18(8-4)12-10-6-2/h13-14,17-18H,5-12,15-16,29-30H2,1-4H3. The smallest absolute Gasteiger partial charge is 0.0703 e. The summed E-state index contributed by atoms with van der Waals surface area (Å²) >= 11 is 11.6. The maximum Gasteiger partial charge on any atom is 0.0703 e. The molecule has 2 heterocycles. The summed E-state index contributed by atoms with van der Waals surface area (Å²) in [7, 11) is -0.429. The normalized spacial score (nSPS) is 14.5. The highest BCUT2D eigenvalue weighted by molar-refractivity contribution is 9.11. The first kappa shape index (κ1) is 27.0. The summed E-state index contributed by atoms with van der Waals surface area (Å²) in [6, 6.07) is 7.88. The van der Waals surface area contributed by atoms with Gasteiger partial charge in [0.2, 0.25) is 0 Å². The zero-order valence-corrected chi connectivity index (χ0v) is 27.0. The minimum Gasteiger partial charge on any atom is -0.128 e. The Hall–Kier alpha value is 0.794. The summed E-state index contributed by atoms with van der Waals surface area (Å²) in [5.41, 5.74) is 0. The van der Waals surface area contributed by atoms with Crippen molar-refractivity contribution in [3.8, 4) is 9.75 Å². The lowest BCUT2D eigenvalue weighted by molar-refractivity contribution is 0.491. The third-order valence-electron chi connectivity index (χ3n) is 6.49. The van der Waals surface area contributed by atoms with Crippen LogP contribution in [-0.2, 0) is 0 Å². The predicted molar refractivity (Wildman–Crippen MR) is 156 cm³/mol. The molecule has 0 amide bonds. The molecule has 0 saturated heterocycles. The minimum atomic E-state index is -0.214. The molecule has 0 saturated carbocycles. The molecule has 0 N–H and O–H groups in total. The monoisotopic (exact) mass is 606 g/mol. The van der Waals surface area contributed by atoms with Gasteiger partial charge < -0.3 is 0 Å². The van der Waals surface area contributed by atoms with E-state index in [9.17, 15) is 0 Å². The summed E-state index contributed by atoms with van der Waals surface area (Å²) in [5, 5.41) is 3.42. The van der Waals surface area contributed by atoms with Crippen molar-refractivity contribution in [3.05, 3.63) is 19.7 Å². The van der Waals surface area contributed by atoms with E-state index < -0.39 is 0 Å². The SMILES string of the molecule is CCCCC(CC)C[SiH2]c1cc(Br)sc1-c1sc(Br)cc1[SiH2]CC(CC)CCCC. The third kappa shape index (κ3) is 8.62. The number of thiophene rings is 2. The molecule has 0 aliphatic rings. The van der Waals surface area contributed by atoms with Crippen molar-refractivity contribution in [2.75, 3.05) is 0 Å². The molecule has 0 spiro atoms. The second-order valence-electron chi connectivity index (χ2n) is 8.72. The van der Waals surface area contributed by atoms with Crippen molar-refractivity contribution in [2.45, 2.75) is 91.1 Å². The van der Waals surface area contributed by atoms with Crippen LogP contribution in [0.1, 0.15) is 79.1 Å². The molecule has 0 nitrogen and oxygen atoms in total. The summed E-state index contributed by atoms with van der Waals surface area (Å²) < 4.78 is 2.65. The molecular formula is C24H40Br2S2Si2. The van der Waals surface area contributed by atoms with Crippen LogP contribution < -0.4 is 10.4 Å². The number of halogens is 2. The van der Waals surface area contributed by atoms with Crippen LogP contribution in [0.25, 0.3) is 9.75 Å². The van der Waals surface area contributed by atoms with Crippen molar-refractivity contribution < 1.29 is 0 Å². The lowest BCUT2D eigenvalue weighted by Crippen LogP contribution is -2.21. The molecule has 0 aliphatic carbocycles. The van der Waals surface area contributed by atoms with Gasteiger partial charge in [-0.25, -0.2) is 0 Å². The summed E-state index contributed by atoms with van der Waals surface area (Å²) in [6.07, 6.45) is 11.0. The van der Waals surface area contributed by atoms with Crippen molar-refractivity contribution in [2.24, 2.45) is 11.8 Å². The van der Waals surface area contributed by atoms with Crippen LogP contribution in [-0.4, -0.2) is 19.0 Å². The molecular weight excluding hydrogens is 568 g/mol.